The number of aromatic nitrogens is 5. The largest absolute Gasteiger partial charge is 0.396 e. The number of aliphatic hydroxyl groups is 1. The van der Waals surface area contributed by atoms with E-state index in [1.807, 2.05) is 24.1 Å². The smallest absolute Gasteiger partial charge is 0.0965 e. The number of hydrogen-bond donors (Lipinski definition) is 2. The van der Waals surface area contributed by atoms with Crippen molar-refractivity contribution in [1.82, 2.24) is 30.1 Å². The van der Waals surface area contributed by atoms with Gasteiger partial charge in [0, 0.05) is 50.2 Å². The van der Waals surface area contributed by atoms with Crippen LogP contribution in [0.25, 0.3) is 0 Å². The summed E-state index contributed by atoms with van der Waals surface area (Å²) in [6.45, 7) is 1.59. The minimum atomic E-state index is 0.180. The van der Waals surface area contributed by atoms with Gasteiger partial charge in [-0.25, -0.2) is 0 Å². The Bertz CT molecular complexity index is 590. The van der Waals surface area contributed by atoms with E-state index in [2.05, 4.69) is 20.7 Å². The molecular formula is C14H22N6O. The fraction of sp³-hybridized carbons (Fsp3) is 0.643. The van der Waals surface area contributed by atoms with Crippen molar-refractivity contribution in [2.45, 2.75) is 44.8 Å². The van der Waals surface area contributed by atoms with Gasteiger partial charge in [-0.2, -0.15) is 5.10 Å². The highest BCUT2D eigenvalue weighted by Gasteiger charge is 2.23. The van der Waals surface area contributed by atoms with Crippen LogP contribution in [0.15, 0.2) is 12.4 Å². The van der Waals surface area contributed by atoms with Gasteiger partial charge in [-0.1, -0.05) is 5.21 Å². The molecule has 2 N–H and O–H groups in total. The van der Waals surface area contributed by atoms with Crippen LogP contribution in [0.4, 0.5) is 0 Å². The quantitative estimate of drug-likeness (QED) is 0.812. The van der Waals surface area contributed by atoms with Crippen LogP contribution in [0.1, 0.15) is 42.3 Å². The van der Waals surface area contributed by atoms with Crippen molar-refractivity contribution in [3.8, 4) is 0 Å². The van der Waals surface area contributed by atoms with Crippen LogP contribution in [0.5, 0.6) is 0 Å². The Kier molecular flexibility index (Phi) is 4.31. The number of aliphatic hydroxyl groups excluding tert-OH is 1. The van der Waals surface area contributed by atoms with E-state index < -0.39 is 0 Å². The Morgan fingerprint density at radius 2 is 2.38 bits per heavy atom. The SMILES string of the molecule is Cn1ncc2c1CCCC2NCc1cn(CCCO)nn1. The molecule has 114 valence electrons. The first kappa shape index (κ1) is 14.2. The maximum Gasteiger partial charge on any atom is 0.0965 e. The number of hydrogen-bond acceptors (Lipinski definition) is 5. The van der Waals surface area contributed by atoms with Crippen LogP contribution in [0.2, 0.25) is 0 Å². The van der Waals surface area contributed by atoms with Gasteiger partial charge in [-0.15, -0.1) is 5.10 Å². The first-order valence-corrected chi connectivity index (χ1v) is 7.52. The predicted octanol–water partition coefficient (Wildman–Crippen LogP) is 0.561. The lowest BCUT2D eigenvalue weighted by molar-refractivity contribution is 0.276. The van der Waals surface area contributed by atoms with Crippen LogP contribution in [0, 0.1) is 0 Å². The molecule has 21 heavy (non-hydrogen) atoms. The first-order chi connectivity index (χ1) is 10.3. The molecule has 1 atom stereocenters. The molecule has 0 spiro atoms. The second-order valence-electron chi connectivity index (χ2n) is 5.55. The molecule has 7 nitrogen and oxygen atoms in total. The molecule has 0 aromatic carbocycles. The molecule has 0 aliphatic heterocycles. The van der Waals surface area contributed by atoms with Crippen LogP contribution in [-0.4, -0.2) is 36.5 Å². The summed E-state index contributed by atoms with van der Waals surface area (Å²) in [4.78, 5) is 0. The molecule has 2 aromatic heterocycles. The van der Waals surface area contributed by atoms with Crippen LogP contribution >= 0.6 is 0 Å². The van der Waals surface area contributed by atoms with Gasteiger partial charge in [0.25, 0.3) is 0 Å². The Balaban J connectivity index is 1.59. The Hall–Kier alpha value is -1.73. The third-order valence-electron chi connectivity index (χ3n) is 4.04. The summed E-state index contributed by atoms with van der Waals surface area (Å²) in [7, 11) is 2.01. The minimum Gasteiger partial charge on any atom is -0.396 e. The molecule has 3 rings (SSSR count). The van der Waals surface area contributed by atoms with Crippen molar-refractivity contribution >= 4 is 0 Å². The van der Waals surface area contributed by atoms with Crippen LogP contribution in [0.3, 0.4) is 0 Å². The molecule has 0 amide bonds. The molecule has 7 heteroatoms. The van der Waals surface area contributed by atoms with E-state index in [1.54, 1.807) is 4.68 Å². The second kappa shape index (κ2) is 6.36. The average Bonchev–Trinajstić information content (AvgIpc) is 3.11. The van der Waals surface area contributed by atoms with Crippen molar-refractivity contribution in [2.75, 3.05) is 6.61 Å². The van der Waals surface area contributed by atoms with Crippen LogP contribution in [-0.2, 0) is 26.6 Å². The van der Waals surface area contributed by atoms with Gasteiger partial charge in [-0.3, -0.25) is 9.36 Å². The highest BCUT2D eigenvalue weighted by atomic mass is 16.3. The number of rotatable bonds is 6. The van der Waals surface area contributed by atoms with Gasteiger partial charge < -0.3 is 10.4 Å². The van der Waals surface area contributed by atoms with Gasteiger partial charge in [0.1, 0.15) is 0 Å². The number of fused-ring (bicyclic) bond motifs is 1. The summed E-state index contributed by atoms with van der Waals surface area (Å²) in [5.41, 5.74) is 3.59. The van der Waals surface area contributed by atoms with Crippen molar-refractivity contribution in [3.63, 3.8) is 0 Å². The topological polar surface area (TPSA) is 80.8 Å². The van der Waals surface area contributed by atoms with Crippen LogP contribution < -0.4 is 5.32 Å². The van der Waals surface area contributed by atoms with Gasteiger partial charge >= 0.3 is 0 Å². The Morgan fingerprint density at radius 3 is 3.24 bits per heavy atom. The van der Waals surface area contributed by atoms with Gasteiger partial charge in [0.15, 0.2) is 0 Å². The maximum atomic E-state index is 8.82. The summed E-state index contributed by atoms with van der Waals surface area (Å²) < 4.78 is 3.76. The molecule has 0 bridgehead atoms. The minimum absolute atomic E-state index is 0.180. The van der Waals surface area contributed by atoms with Gasteiger partial charge in [0.2, 0.25) is 0 Å². The third-order valence-corrected chi connectivity index (χ3v) is 4.04. The predicted molar refractivity (Wildman–Crippen MR) is 77.5 cm³/mol. The normalized spacial score (nSPS) is 17.9. The van der Waals surface area contributed by atoms with E-state index >= 15 is 0 Å². The van der Waals surface area contributed by atoms with Crippen molar-refractivity contribution < 1.29 is 5.11 Å². The van der Waals surface area contributed by atoms with E-state index in [9.17, 15) is 0 Å². The molecule has 0 saturated heterocycles. The van der Waals surface area contributed by atoms with E-state index in [1.165, 1.54) is 17.7 Å². The van der Waals surface area contributed by atoms with Crippen molar-refractivity contribution in [1.29, 1.82) is 0 Å². The Morgan fingerprint density at radius 1 is 1.48 bits per heavy atom. The van der Waals surface area contributed by atoms with Crippen molar-refractivity contribution in [2.24, 2.45) is 7.05 Å². The van der Waals surface area contributed by atoms with E-state index in [0.717, 1.165) is 18.5 Å². The third kappa shape index (κ3) is 3.14. The molecule has 0 saturated carbocycles. The fourth-order valence-corrected chi connectivity index (χ4v) is 2.91. The lowest BCUT2D eigenvalue weighted by atomic mass is 9.93. The highest BCUT2D eigenvalue weighted by Crippen LogP contribution is 2.29. The first-order valence-electron chi connectivity index (χ1n) is 7.52. The fourth-order valence-electron chi connectivity index (χ4n) is 2.91. The molecule has 2 heterocycles. The lowest BCUT2D eigenvalue weighted by Gasteiger charge is -2.23. The standard InChI is InChI=1S/C14H22N6O/c1-19-14-5-2-4-13(12(14)9-16-19)15-8-11-10-20(18-17-11)6-3-7-21/h9-10,13,15,21H,2-8H2,1H3. The monoisotopic (exact) mass is 290 g/mol. The highest BCUT2D eigenvalue weighted by molar-refractivity contribution is 5.24. The summed E-state index contributed by atoms with van der Waals surface area (Å²) in [5.74, 6) is 0. The second-order valence-corrected chi connectivity index (χ2v) is 5.55. The molecular weight excluding hydrogens is 268 g/mol. The zero-order valence-electron chi connectivity index (χ0n) is 12.4. The molecule has 0 fully saturated rings. The Labute approximate surface area is 124 Å². The van der Waals surface area contributed by atoms with E-state index in [-0.39, 0.29) is 6.61 Å². The number of nitrogens with zero attached hydrogens (tertiary/aromatic N) is 5. The van der Waals surface area contributed by atoms with Gasteiger partial charge in [0.05, 0.1) is 11.9 Å². The average molecular weight is 290 g/mol. The lowest BCUT2D eigenvalue weighted by Crippen LogP contribution is -2.25. The summed E-state index contributed by atoms with van der Waals surface area (Å²) in [5, 5.41) is 25.0. The summed E-state index contributed by atoms with van der Waals surface area (Å²) >= 11 is 0. The molecule has 1 aliphatic rings. The molecule has 0 radical (unpaired) electrons. The number of aryl methyl sites for hydroxylation is 2. The summed E-state index contributed by atoms with van der Waals surface area (Å²) in [6, 6.07) is 0.352. The zero-order valence-corrected chi connectivity index (χ0v) is 12.4. The van der Waals surface area contributed by atoms with E-state index in [0.29, 0.717) is 25.6 Å². The summed E-state index contributed by atoms with van der Waals surface area (Å²) in [6.07, 6.45) is 8.06. The van der Waals surface area contributed by atoms with Gasteiger partial charge in [-0.05, 0) is 25.7 Å². The molecule has 2 aromatic rings. The molecule has 1 unspecified atom stereocenters. The van der Waals surface area contributed by atoms with Crippen molar-refractivity contribution in [3.05, 3.63) is 29.3 Å². The van der Waals surface area contributed by atoms with E-state index in [4.69, 9.17) is 5.11 Å². The molecule has 1 aliphatic carbocycles. The zero-order chi connectivity index (χ0) is 14.7. The number of nitrogens with one attached hydrogen (secondary N) is 1. The maximum absolute atomic E-state index is 8.82.